The first kappa shape index (κ1) is 10.9. The molecule has 3 nitrogen and oxygen atoms in total. The lowest BCUT2D eigenvalue weighted by atomic mass is 10.2. The standard InChI is InChI=1S/C11H14BrNO2/c1-7-4-8(2-3-9(7)12)15-11-6-13-5-10(11)14/h2-4,10-11,13-14H,5-6H2,1H3. The molecule has 0 bridgehead atoms. The molecule has 4 heteroatoms. The van der Waals surface area contributed by atoms with E-state index in [0.29, 0.717) is 13.1 Å². The second-order valence-corrected chi connectivity index (χ2v) is 4.65. The van der Waals surface area contributed by atoms with Gasteiger partial charge in [-0.3, -0.25) is 0 Å². The van der Waals surface area contributed by atoms with Crippen molar-refractivity contribution in [3.05, 3.63) is 28.2 Å². The van der Waals surface area contributed by atoms with Crippen molar-refractivity contribution in [3.8, 4) is 5.75 Å². The zero-order valence-electron chi connectivity index (χ0n) is 8.53. The summed E-state index contributed by atoms with van der Waals surface area (Å²) in [5.41, 5.74) is 1.13. The molecule has 0 saturated carbocycles. The van der Waals surface area contributed by atoms with Gasteiger partial charge < -0.3 is 15.2 Å². The summed E-state index contributed by atoms with van der Waals surface area (Å²) in [5, 5.41) is 12.7. The first-order valence-corrected chi connectivity index (χ1v) is 5.77. The Labute approximate surface area is 97.6 Å². The lowest BCUT2D eigenvalue weighted by Crippen LogP contribution is -2.29. The lowest BCUT2D eigenvalue weighted by Gasteiger charge is -2.16. The van der Waals surface area contributed by atoms with Crippen LogP contribution in [0.3, 0.4) is 0 Å². The molecule has 1 heterocycles. The molecule has 15 heavy (non-hydrogen) atoms. The molecule has 2 N–H and O–H groups in total. The lowest BCUT2D eigenvalue weighted by molar-refractivity contribution is 0.0737. The molecule has 1 fully saturated rings. The molecule has 1 aliphatic heterocycles. The molecule has 2 rings (SSSR count). The number of aliphatic hydroxyl groups is 1. The van der Waals surface area contributed by atoms with E-state index in [9.17, 15) is 5.11 Å². The highest BCUT2D eigenvalue weighted by molar-refractivity contribution is 9.10. The molecule has 1 aromatic rings. The summed E-state index contributed by atoms with van der Waals surface area (Å²) in [6.07, 6.45) is -0.542. The van der Waals surface area contributed by atoms with Crippen molar-refractivity contribution in [2.45, 2.75) is 19.1 Å². The highest BCUT2D eigenvalue weighted by atomic mass is 79.9. The normalized spacial score (nSPS) is 25.5. The first-order valence-electron chi connectivity index (χ1n) is 4.98. The van der Waals surface area contributed by atoms with Gasteiger partial charge in [0.15, 0.2) is 0 Å². The maximum atomic E-state index is 9.58. The molecule has 0 amide bonds. The van der Waals surface area contributed by atoms with E-state index in [1.165, 1.54) is 0 Å². The Kier molecular flexibility index (Phi) is 3.29. The topological polar surface area (TPSA) is 41.5 Å². The average molecular weight is 272 g/mol. The van der Waals surface area contributed by atoms with Crippen LogP contribution in [0.25, 0.3) is 0 Å². The van der Waals surface area contributed by atoms with Crippen LogP contribution < -0.4 is 10.1 Å². The van der Waals surface area contributed by atoms with Gasteiger partial charge in [0, 0.05) is 17.6 Å². The summed E-state index contributed by atoms with van der Waals surface area (Å²) in [7, 11) is 0. The van der Waals surface area contributed by atoms with Gasteiger partial charge in [-0.1, -0.05) is 15.9 Å². The molecule has 1 aromatic carbocycles. The fourth-order valence-electron chi connectivity index (χ4n) is 1.63. The molecular formula is C11H14BrNO2. The largest absolute Gasteiger partial charge is 0.486 e. The smallest absolute Gasteiger partial charge is 0.138 e. The molecule has 0 spiro atoms. The van der Waals surface area contributed by atoms with Crippen LogP contribution in [-0.4, -0.2) is 30.4 Å². The van der Waals surface area contributed by atoms with E-state index in [1.54, 1.807) is 0 Å². The van der Waals surface area contributed by atoms with Crippen LogP contribution in [0.15, 0.2) is 22.7 Å². The van der Waals surface area contributed by atoms with E-state index >= 15 is 0 Å². The van der Waals surface area contributed by atoms with Crippen LogP contribution in [0, 0.1) is 6.92 Å². The maximum absolute atomic E-state index is 9.58. The molecule has 1 aliphatic rings. The Morgan fingerprint density at radius 3 is 2.87 bits per heavy atom. The summed E-state index contributed by atoms with van der Waals surface area (Å²) >= 11 is 3.44. The van der Waals surface area contributed by atoms with Crippen LogP contribution >= 0.6 is 15.9 Å². The van der Waals surface area contributed by atoms with Gasteiger partial charge in [-0.15, -0.1) is 0 Å². The van der Waals surface area contributed by atoms with Crippen molar-refractivity contribution < 1.29 is 9.84 Å². The van der Waals surface area contributed by atoms with Gasteiger partial charge in [-0.25, -0.2) is 0 Å². The van der Waals surface area contributed by atoms with Crippen molar-refractivity contribution in [1.29, 1.82) is 0 Å². The van der Waals surface area contributed by atoms with E-state index in [2.05, 4.69) is 21.2 Å². The Hall–Kier alpha value is -0.580. The summed E-state index contributed by atoms with van der Waals surface area (Å²) < 4.78 is 6.76. The van der Waals surface area contributed by atoms with Gasteiger partial charge in [0.05, 0.1) is 0 Å². The van der Waals surface area contributed by atoms with Crippen molar-refractivity contribution in [2.24, 2.45) is 0 Å². The number of benzene rings is 1. The zero-order chi connectivity index (χ0) is 10.8. The number of rotatable bonds is 2. The van der Waals surface area contributed by atoms with E-state index in [4.69, 9.17) is 4.74 Å². The number of hydrogen-bond donors (Lipinski definition) is 2. The van der Waals surface area contributed by atoms with Crippen molar-refractivity contribution >= 4 is 15.9 Å². The number of aryl methyl sites for hydroxylation is 1. The molecule has 82 valence electrons. The number of aliphatic hydroxyl groups excluding tert-OH is 1. The quantitative estimate of drug-likeness (QED) is 0.856. The van der Waals surface area contributed by atoms with Gasteiger partial charge in [0.25, 0.3) is 0 Å². The average Bonchev–Trinajstić information content (AvgIpc) is 2.59. The molecule has 2 atom stereocenters. The van der Waals surface area contributed by atoms with Crippen molar-refractivity contribution in [1.82, 2.24) is 5.32 Å². The molecule has 0 radical (unpaired) electrons. The Bertz CT molecular complexity index is 356. The first-order chi connectivity index (χ1) is 7.16. The minimum atomic E-state index is -0.408. The predicted octanol–water partition coefficient (Wildman–Crippen LogP) is 1.47. The molecule has 0 aromatic heterocycles. The number of hydrogen-bond acceptors (Lipinski definition) is 3. The molecule has 1 saturated heterocycles. The van der Waals surface area contributed by atoms with Crippen LogP contribution in [0.4, 0.5) is 0 Å². The number of ether oxygens (including phenoxy) is 1. The fourth-order valence-corrected chi connectivity index (χ4v) is 1.87. The monoisotopic (exact) mass is 271 g/mol. The maximum Gasteiger partial charge on any atom is 0.138 e. The van der Waals surface area contributed by atoms with Crippen LogP contribution in [-0.2, 0) is 0 Å². The Balaban J connectivity index is 2.07. The van der Waals surface area contributed by atoms with Gasteiger partial charge >= 0.3 is 0 Å². The SMILES string of the molecule is Cc1cc(OC2CNCC2O)ccc1Br. The van der Waals surface area contributed by atoms with Crippen molar-refractivity contribution in [3.63, 3.8) is 0 Å². The Morgan fingerprint density at radius 1 is 1.47 bits per heavy atom. The van der Waals surface area contributed by atoms with Gasteiger partial charge in [0.2, 0.25) is 0 Å². The number of nitrogens with one attached hydrogen (secondary N) is 1. The van der Waals surface area contributed by atoms with E-state index in [1.807, 2.05) is 25.1 Å². The summed E-state index contributed by atoms with van der Waals surface area (Å²) in [5.74, 6) is 0.809. The van der Waals surface area contributed by atoms with Gasteiger partial charge in [-0.2, -0.15) is 0 Å². The van der Waals surface area contributed by atoms with Gasteiger partial charge in [-0.05, 0) is 30.7 Å². The van der Waals surface area contributed by atoms with Crippen LogP contribution in [0.1, 0.15) is 5.56 Å². The molecule has 2 unspecified atom stereocenters. The van der Waals surface area contributed by atoms with Crippen molar-refractivity contribution in [2.75, 3.05) is 13.1 Å². The van der Waals surface area contributed by atoms with E-state index in [0.717, 1.165) is 15.8 Å². The molecule has 0 aliphatic carbocycles. The minimum Gasteiger partial charge on any atom is -0.486 e. The highest BCUT2D eigenvalue weighted by Crippen LogP contribution is 2.23. The predicted molar refractivity (Wildman–Crippen MR) is 62.2 cm³/mol. The third-order valence-corrected chi connectivity index (χ3v) is 3.43. The molecular weight excluding hydrogens is 258 g/mol. The summed E-state index contributed by atoms with van der Waals surface area (Å²) in [4.78, 5) is 0. The summed E-state index contributed by atoms with van der Waals surface area (Å²) in [6.45, 7) is 3.33. The number of halogens is 1. The second kappa shape index (κ2) is 4.51. The minimum absolute atomic E-state index is 0.134. The summed E-state index contributed by atoms with van der Waals surface area (Å²) in [6, 6.07) is 5.83. The second-order valence-electron chi connectivity index (χ2n) is 3.79. The third-order valence-electron chi connectivity index (χ3n) is 2.55. The number of β-amino-alcohol motifs (C(OH)–C–C–N with tert-alkyl or cyclic N) is 1. The van der Waals surface area contributed by atoms with Crippen LogP contribution in [0.5, 0.6) is 5.75 Å². The zero-order valence-corrected chi connectivity index (χ0v) is 10.1. The third kappa shape index (κ3) is 2.51. The van der Waals surface area contributed by atoms with Gasteiger partial charge in [0.1, 0.15) is 18.0 Å². The van der Waals surface area contributed by atoms with E-state index < -0.39 is 6.10 Å². The Morgan fingerprint density at radius 2 is 2.27 bits per heavy atom. The van der Waals surface area contributed by atoms with Crippen LogP contribution in [0.2, 0.25) is 0 Å². The fraction of sp³-hybridized carbons (Fsp3) is 0.455. The van der Waals surface area contributed by atoms with E-state index in [-0.39, 0.29) is 6.10 Å². The highest BCUT2D eigenvalue weighted by Gasteiger charge is 2.26.